The fourth-order valence-electron chi connectivity index (χ4n) is 3.12. The topological polar surface area (TPSA) is 101 Å². The maximum absolute atomic E-state index is 14.8. The van der Waals surface area contributed by atoms with Crippen LogP contribution >= 0.6 is 0 Å². The third-order valence-electron chi connectivity index (χ3n) is 4.46. The van der Waals surface area contributed by atoms with Gasteiger partial charge in [-0.3, -0.25) is 4.79 Å². The highest BCUT2D eigenvalue weighted by molar-refractivity contribution is 5.93. The van der Waals surface area contributed by atoms with E-state index in [0.717, 1.165) is 6.42 Å². The average Bonchev–Trinajstić information content (AvgIpc) is 2.96. The summed E-state index contributed by atoms with van der Waals surface area (Å²) in [5, 5.41) is 9.23. The van der Waals surface area contributed by atoms with Gasteiger partial charge in [0.05, 0.1) is 5.39 Å². The molecule has 1 unspecified atom stereocenters. The normalized spacial score (nSPS) is 17.7. The summed E-state index contributed by atoms with van der Waals surface area (Å²) in [6.45, 7) is 4.79. The molecule has 128 valence electrons. The Hall–Kier alpha value is -2.48. The highest BCUT2D eigenvalue weighted by atomic mass is 19.1. The summed E-state index contributed by atoms with van der Waals surface area (Å²) in [4.78, 5) is 29.9. The van der Waals surface area contributed by atoms with Crippen molar-refractivity contribution in [1.82, 2.24) is 9.55 Å². The Kier molecular flexibility index (Phi) is 4.00. The summed E-state index contributed by atoms with van der Waals surface area (Å²) in [6.07, 6.45) is 2.01. The lowest BCUT2D eigenvalue weighted by Crippen LogP contribution is -2.28. The number of nitrogens with two attached hydrogens (primary N) is 1. The second-order valence-corrected chi connectivity index (χ2v) is 6.03. The van der Waals surface area contributed by atoms with Crippen LogP contribution in [-0.4, -0.2) is 39.8 Å². The van der Waals surface area contributed by atoms with Crippen LogP contribution < -0.4 is 16.1 Å². The second-order valence-electron chi connectivity index (χ2n) is 6.03. The van der Waals surface area contributed by atoms with Crippen molar-refractivity contribution in [2.45, 2.75) is 32.9 Å². The summed E-state index contributed by atoms with van der Waals surface area (Å²) in [7, 11) is 0. The van der Waals surface area contributed by atoms with Crippen molar-refractivity contribution in [1.29, 1.82) is 0 Å². The van der Waals surface area contributed by atoms with E-state index in [2.05, 4.69) is 4.98 Å². The van der Waals surface area contributed by atoms with Crippen LogP contribution in [0.1, 0.15) is 29.3 Å². The lowest BCUT2D eigenvalue weighted by Gasteiger charge is -2.20. The maximum atomic E-state index is 14.8. The Morgan fingerprint density at radius 3 is 2.79 bits per heavy atom. The van der Waals surface area contributed by atoms with Crippen molar-refractivity contribution in [3.8, 4) is 0 Å². The van der Waals surface area contributed by atoms with Crippen molar-refractivity contribution in [2.75, 3.05) is 18.0 Å². The zero-order valence-electron chi connectivity index (χ0n) is 13.5. The predicted molar refractivity (Wildman–Crippen MR) is 88.1 cm³/mol. The van der Waals surface area contributed by atoms with Crippen LogP contribution in [0.4, 0.5) is 10.2 Å². The van der Waals surface area contributed by atoms with E-state index in [1.54, 1.807) is 16.4 Å². The fraction of sp³-hybridized carbons (Fsp3) is 0.438. The molecular weight excluding hydrogens is 315 g/mol. The van der Waals surface area contributed by atoms with E-state index in [1.165, 1.54) is 13.1 Å². The van der Waals surface area contributed by atoms with Crippen LogP contribution in [0.25, 0.3) is 11.0 Å². The van der Waals surface area contributed by atoms with Gasteiger partial charge in [0, 0.05) is 37.4 Å². The lowest BCUT2D eigenvalue weighted by atomic mass is 10.1. The standard InChI is InChI=1S/C16H19FN4O3/c1-3-20-7-10(16(23)24)13(22)11-8(2)12(17)15(19-14(11)20)21-5-4-9(18)6-21/h7,9H,3-6,18H2,1-2H3,(H,23,24). The molecule has 2 aromatic rings. The smallest absolute Gasteiger partial charge is 0.341 e. The quantitative estimate of drug-likeness (QED) is 0.871. The number of nitrogens with zero attached hydrogens (tertiary/aromatic N) is 3. The zero-order chi connectivity index (χ0) is 17.6. The summed E-state index contributed by atoms with van der Waals surface area (Å²) in [5.41, 5.74) is 5.20. The molecule has 2 aromatic heterocycles. The molecule has 3 heterocycles. The molecule has 1 fully saturated rings. The number of pyridine rings is 2. The molecule has 7 nitrogen and oxygen atoms in total. The molecule has 3 rings (SSSR count). The van der Waals surface area contributed by atoms with Gasteiger partial charge in [-0.15, -0.1) is 0 Å². The Bertz CT molecular complexity index is 893. The second kappa shape index (κ2) is 5.86. The number of hydrogen-bond acceptors (Lipinski definition) is 5. The Balaban J connectivity index is 2.34. The summed E-state index contributed by atoms with van der Waals surface area (Å²) in [6, 6.07) is -0.0371. The Morgan fingerprint density at radius 1 is 1.54 bits per heavy atom. The van der Waals surface area contributed by atoms with Gasteiger partial charge >= 0.3 is 5.97 Å². The van der Waals surface area contributed by atoms with Gasteiger partial charge in [-0.1, -0.05) is 0 Å². The molecule has 0 saturated carbocycles. The van der Waals surface area contributed by atoms with E-state index < -0.39 is 17.2 Å². The number of carbonyl (C=O) groups is 1. The number of aryl methyl sites for hydroxylation is 2. The predicted octanol–water partition coefficient (Wildman–Crippen LogP) is 1.10. The molecule has 0 amide bonds. The average molecular weight is 334 g/mol. The zero-order valence-corrected chi connectivity index (χ0v) is 13.5. The van der Waals surface area contributed by atoms with Crippen molar-refractivity contribution >= 4 is 22.8 Å². The molecule has 0 spiro atoms. The van der Waals surface area contributed by atoms with Crippen molar-refractivity contribution in [3.05, 3.63) is 33.4 Å². The van der Waals surface area contributed by atoms with Gasteiger partial charge in [-0.2, -0.15) is 0 Å². The summed E-state index contributed by atoms with van der Waals surface area (Å²) in [5.74, 6) is -1.77. The third-order valence-corrected chi connectivity index (χ3v) is 4.46. The van der Waals surface area contributed by atoms with E-state index in [-0.39, 0.29) is 28.4 Å². The van der Waals surface area contributed by atoms with Gasteiger partial charge in [-0.05, 0) is 20.3 Å². The van der Waals surface area contributed by atoms with Crippen LogP contribution in [0, 0.1) is 12.7 Å². The van der Waals surface area contributed by atoms with Crippen LogP contribution in [0.2, 0.25) is 0 Å². The number of fused-ring (bicyclic) bond motifs is 1. The van der Waals surface area contributed by atoms with E-state index in [9.17, 15) is 19.1 Å². The fourth-order valence-corrected chi connectivity index (χ4v) is 3.12. The van der Waals surface area contributed by atoms with Gasteiger partial charge in [0.1, 0.15) is 11.2 Å². The number of carboxylic acid groups (broad SMARTS) is 1. The number of halogens is 1. The number of aromatic nitrogens is 2. The molecule has 1 aliphatic rings. The van der Waals surface area contributed by atoms with Crippen molar-refractivity contribution < 1.29 is 14.3 Å². The molecule has 0 aliphatic carbocycles. The van der Waals surface area contributed by atoms with Crippen LogP contribution in [0.15, 0.2) is 11.0 Å². The van der Waals surface area contributed by atoms with E-state index >= 15 is 0 Å². The van der Waals surface area contributed by atoms with Gasteiger partial charge in [0.2, 0.25) is 5.43 Å². The highest BCUT2D eigenvalue weighted by Gasteiger charge is 2.27. The first-order chi connectivity index (χ1) is 11.3. The first-order valence-electron chi connectivity index (χ1n) is 7.82. The van der Waals surface area contributed by atoms with Gasteiger partial charge < -0.3 is 20.3 Å². The molecule has 8 heteroatoms. The molecule has 0 bridgehead atoms. The van der Waals surface area contributed by atoms with Gasteiger partial charge in [0.15, 0.2) is 11.6 Å². The van der Waals surface area contributed by atoms with E-state index in [1.807, 2.05) is 0 Å². The molecule has 3 N–H and O–H groups in total. The lowest BCUT2D eigenvalue weighted by molar-refractivity contribution is 0.0695. The monoisotopic (exact) mass is 334 g/mol. The summed E-state index contributed by atoms with van der Waals surface area (Å²) < 4.78 is 16.4. The first-order valence-corrected chi connectivity index (χ1v) is 7.82. The van der Waals surface area contributed by atoms with Gasteiger partial charge in [-0.25, -0.2) is 14.2 Å². The van der Waals surface area contributed by atoms with Gasteiger partial charge in [0.25, 0.3) is 0 Å². The highest BCUT2D eigenvalue weighted by Crippen LogP contribution is 2.27. The maximum Gasteiger partial charge on any atom is 0.341 e. The van der Waals surface area contributed by atoms with E-state index in [0.29, 0.717) is 25.3 Å². The van der Waals surface area contributed by atoms with Crippen LogP contribution in [0.3, 0.4) is 0 Å². The largest absolute Gasteiger partial charge is 0.477 e. The number of anilines is 1. The number of hydrogen-bond donors (Lipinski definition) is 2. The van der Waals surface area contributed by atoms with Crippen molar-refractivity contribution in [3.63, 3.8) is 0 Å². The molecular formula is C16H19FN4O3. The van der Waals surface area contributed by atoms with Crippen LogP contribution in [-0.2, 0) is 6.54 Å². The third kappa shape index (κ3) is 2.43. The number of rotatable bonds is 3. The first kappa shape index (κ1) is 16.4. The van der Waals surface area contributed by atoms with Crippen LogP contribution in [0.5, 0.6) is 0 Å². The number of carboxylic acids is 1. The van der Waals surface area contributed by atoms with E-state index in [4.69, 9.17) is 5.73 Å². The molecule has 1 saturated heterocycles. The Labute approximate surface area is 137 Å². The van der Waals surface area contributed by atoms with Crippen molar-refractivity contribution in [2.24, 2.45) is 5.73 Å². The molecule has 1 atom stereocenters. The SMILES string of the molecule is CCn1cc(C(=O)O)c(=O)c2c(C)c(F)c(N3CCC(N)C3)nc21. The molecule has 24 heavy (non-hydrogen) atoms. The summed E-state index contributed by atoms with van der Waals surface area (Å²) >= 11 is 0. The minimum atomic E-state index is -1.33. The minimum absolute atomic E-state index is 0.0153. The number of aromatic carboxylic acids is 1. The Morgan fingerprint density at radius 2 is 2.25 bits per heavy atom. The molecule has 0 radical (unpaired) electrons. The molecule has 1 aliphatic heterocycles. The molecule has 0 aromatic carbocycles. The minimum Gasteiger partial charge on any atom is -0.477 e.